The van der Waals surface area contributed by atoms with E-state index in [1.165, 1.54) is 30.1 Å². The summed E-state index contributed by atoms with van der Waals surface area (Å²) in [4.78, 5) is 4.29. The lowest BCUT2D eigenvalue weighted by molar-refractivity contribution is -0.138. The Morgan fingerprint density at radius 1 is 1.14 bits per heavy atom. The summed E-state index contributed by atoms with van der Waals surface area (Å²) in [6.07, 6.45) is -2.95. The van der Waals surface area contributed by atoms with E-state index in [9.17, 15) is 18.3 Å². The molecule has 0 saturated carbocycles. The number of halogens is 3. The van der Waals surface area contributed by atoms with Crippen molar-refractivity contribution in [2.24, 2.45) is 0 Å². The van der Waals surface area contributed by atoms with Gasteiger partial charge in [0.2, 0.25) is 0 Å². The van der Waals surface area contributed by atoms with E-state index in [0.29, 0.717) is 16.6 Å². The molecule has 8 heteroatoms. The number of ether oxygens (including phenoxy) is 1. The normalized spacial score (nSPS) is 11.6. The molecule has 148 valence electrons. The van der Waals surface area contributed by atoms with E-state index in [4.69, 9.17) is 4.74 Å². The molecule has 0 spiro atoms. The van der Waals surface area contributed by atoms with Crippen molar-refractivity contribution in [3.8, 4) is 5.75 Å². The minimum absolute atomic E-state index is 0.0218. The van der Waals surface area contributed by atoms with Gasteiger partial charge in [0, 0.05) is 5.75 Å². The molecule has 1 N–H and O–H groups in total. The Balaban J connectivity index is 1.85. The SMILES string of the molecule is COc1cccc(CSc2ncc(CO)n2Cc2ccccc2C(F)(F)F)c1. The molecule has 28 heavy (non-hydrogen) atoms. The van der Waals surface area contributed by atoms with Crippen molar-refractivity contribution in [2.75, 3.05) is 7.11 Å². The molecule has 0 amide bonds. The maximum atomic E-state index is 13.3. The molecule has 0 radical (unpaired) electrons. The summed E-state index contributed by atoms with van der Waals surface area (Å²) in [7, 11) is 1.59. The fraction of sp³-hybridized carbons (Fsp3) is 0.250. The second-order valence-electron chi connectivity index (χ2n) is 6.07. The highest BCUT2D eigenvalue weighted by molar-refractivity contribution is 7.98. The molecule has 3 aromatic rings. The number of aromatic nitrogens is 2. The second kappa shape index (κ2) is 8.70. The van der Waals surface area contributed by atoms with Crippen LogP contribution in [0.3, 0.4) is 0 Å². The van der Waals surface area contributed by atoms with Gasteiger partial charge in [-0.25, -0.2) is 4.98 Å². The van der Waals surface area contributed by atoms with Crippen LogP contribution in [-0.4, -0.2) is 21.8 Å². The van der Waals surface area contributed by atoms with Gasteiger partial charge in [0.25, 0.3) is 0 Å². The summed E-state index contributed by atoms with van der Waals surface area (Å²) in [5.74, 6) is 1.30. The van der Waals surface area contributed by atoms with Crippen molar-refractivity contribution < 1.29 is 23.0 Å². The first-order valence-electron chi connectivity index (χ1n) is 8.48. The van der Waals surface area contributed by atoms with Crippen molar-refractivity contribution in [1.29, 1.82) is 0 Å². The number of hydrogen-bond donors (Lipinski definition) is 1. The lowest BCUT2D eigenvalue weighted by atomic mass is 10.1. The van der Waals surface area contributed by atoms with Crippen LogP contribution in [0.4, 0.5) is 13.2 Å². The van der Waals surface area contributed by atoms with Crippen LogP contribution >= 0.6 is 11.8 Å². The first-order valence-corrected chi connectivity index (χ1v) is 9.47. The quantitative estimate of drug-likeness (QED) is 0.574. The number of hydrogen-bond acceptors (Lipinski definition) is 4. The highest BCUT2D eigenvalue weighted by Gasteiger charge is 2.33. The molecular formula is C20H19F3N2O2S. The summed E-state index contributed by atoms with van der Waals surface area (Å²) in [5, 5.41) is 10.1. The molecule has 2 aromatic carbocycles. The molecule has 0 aliphatic rings. The lowest BCUT2D eigenvalue weighted by Crippen LogP contribution is -2.13. The molecule has 0 atom stereocenters. The zero-order chi connectivity index (χ0) is 20.1. The van der Waals surface area contributed by atoms with Gasteiger partial charge in [-0.1, -0.05) is 42.1 Å². The molecule has 1 heterocycles. The van der Waals surface area contributed by atoms with Crippen LogP contribution in [0.5, 0.6) is 5.75 Å². The number of methoxy groups -OCH3 is 1. The van der Waals surface area contributed by atoms with Gasteiger partial charge in [0.05, 0.1) is 37.7 Å². The maximum absolute atomic E-state index is 13.3. The number of imidazole rings is 1. The van der Waals surface area contributed by atoms with Crippen LogP contribution in [0.25, 0.3) is 0 Å². The third-order valence-electron chi connectivity index (χ3n) is 4.22. The number of rotatable bonds is 7. The molecule has 3 rings (SSSR count). The zero-order valence-corrected chi connectivity index (χ0v) is 15.9. The Bertz CT molecular complexity index is 941. The van der Waals surface area contributed by atoms with Gasteiger partial charge >= 0.3 is 6.18 Å². The van der Waals surface area contributed by atoms with E-state index in [-0.39, 0.29) is 18.7 Å². The predicted octanol–water partition coefficient (Wildman–Crippen LogP) is 4.74. The monoisotopic (exact) mass is 408 g/mol. The highest BCUT2D eigenvalue weighted by Crippen LogP contribution is 2.33. The van der Waals surface area contributed by atoms with Crippen LogP contribution in [-0.2, 0) is 25.1 Å². The number of benzene rings is 2. The summed E-state index contributed by atoms with van der Waals surface area (Å²) in [6.45, 7) is -0.326. The number of aliphatic hydroxyl groups is 1. The summed E-state index contributed by atoms with van der Waals surface area (Å²) >= 11 is 1.39. The smallest absolute Gasteiger partial charge is 0.416 e. The molecule has 0 aliphatic carbocycles. The molecule has 0 aliphatic heterocycles. The molecule has 0 unspecified atom stereocenters. The van der Waals surface area contributed by atoms with Gasteiger partial charge < -0.3 is 14.4 Å². The molecule has 1 aromatic heterocycles. The summed E-state index contributed by atoms with van der Waals surface area (Å²) in [5.41, 5.74) is 0.910. The first kappa shape index (κ1) is 20.3. The van der Waals surface area contributed by atoms with Gasteiger partial charge in [0.1, 0.15) is 5.75 Å². The topological polar surface area (TPSA) is 47.3 Å². The standard InChI is InChI=1S/C20H19F3N2O2S/c1-27-17-7-4-5-14(9-17)13-28-19-24-10-16(12-26)25(19)11-15-6-2-3-8-18(15)20(21,22)23/h2-10,26H,11-13H2,1H3. The van der Waals surface area contributed by atoms with Crippen molar-refractivity contribution in [3.05, 3.63) is 77.1 Å². The van der Waals surface area contributed by atoms with Crippen LogP contribution in [0.2, 0.25) is 0 Å². The average Bonchev–Trinajstić information content (AvgIpc) is 3.07. The largest absolute Gasteiger partial charge is 0.497 e. The van der Waals surface area contributed by atoms with Crippen LogP contribution in [0.15, 0.2) is 59.9 Å². The third-order valence-corrected chi connectivity index (χ3v) is 5.28. The average molecular weight is 408 g/mol. The summed E-state index contributed by atoms with van der Waals surface area (Å²) in [6, 6.07) is 13.0. The molecular weight excluding hydrogens is 389 g/mol. The van der Waals surface area contributed by atoms with Crippen molar-refractivity contribution >= 4 is 11.8 Å². The minimum atomic E-state index is -4.44. The third kappa shape index (κ3) is 4.69. The fourth-order valence-electron chi connectivity index (χ4n) is 2.82. The minimum Gasteiger partial charge on any atom is -0.497 e. The Kier molecular flexibility index (Phi) is 6.31. The predicted molar refractivity (Wildman–Crippen MR) is 101 cm³/mol. The van der Waals surface area contributed by atoms with Crippen LogP contribution < -0.4 is 4.74 Å². The molecule has 0 fully saturated rings. The zero-order valence-electron chi connectivity index (χ0n) is 15.1. The van der Waals surface area contributed by atoms with Crippen LogP contribution in [0.1, 0.15) is 22.4 Å². The summed E-state index contributed by atoms with van der Waals surface area (Å²) < 4.78 is 46.8. The van der Waals surface area contributed by atoms with Gasteiger partial charge in [-0.2, -0.15) is 13.2 Å². The Morgan fingerprint density at radius 3 is 2.64 bits per heavy atom. The van der Waals surface area contributed by atoms with E-state index < -0.39 is 11.7 Å². The van der Waals surface area contributed by atoms with Gasteiger partial charge in [-0.05, 0) is 29.3 Å². The number of alkyl halides is 3. The van der Waals surface area contributed by atoms with E-state index in [0.717, 1.165) is 17.4 Å². The van der Waals surface area contributed by atoms with Gasteiger partial charge in [-0.3, -0.25) is 0 Å². The van der Waals surface area contributed by atoms with Gasteiger partial charge in [0.15, 0.2) is 5.16 Å². The Hall–Kier alpha value is -2.45. The Morgan fingerprint density at radius 2 is 1.93 bits per heavy atom. The Labute approximate surface area is 165 Å². The number of aliphatic hydroxyl groups excluding tert-OH is 1. The van der Waals surface area contributed by atoms with E-state index in [2.05, 4.69) is 4.98 Å². The highest BCUT2D eigenvalue weighted by atomic mass is 32.2. The molecule has 0 saturated heterocycles. The van der Waals surface area contributed by atoms with Crippen molar-refractivity contribution in [3.63, 3.8) is 0 Å². The maximum Gasteiger partial charge on any atom is 0.416 e. The number of nitrogens with zero attached hydrogens (tertiary/aromatic N) is 2. The fourth-order valence-corrected chi connectivity index (χ4v) is 3.76. The lowest BCUT2D eigenvalue weighted by Gasteiger charge is -2.16. The first-order chi connectivity index (χ1) is 13.4. The van der Waals surface area contributed by atoms with E-state index >= 15 is 0 Å². The van der Waals surface area contributed by atoms with Crippen molar-refractivity contribution in [2.45, 2.75) is 30.2 Å². The van der Waals surface area contributed by atoms with E-state index in [1.54, 1.807) is 17.7 Å². The van der Waals surface area contributed by atoms with Gasteiger partial charge in [-0.15, -0.1) is 0 Å². The van der Waals surface area contributed by atoms with Crippen molar-refractivity contribution in [1.82, 2.24) is 9.55 Å². The molecule has 4 nitrogen and oxygen atoms in total. The second-order valence-corrected chi connectivity index (χ2v) is 7.01. The van der Waals surface area contributed by atoms with E-state index in [1.807, 2.05) is 24.3 Å². The molecule has 0 bridgehead atoms. The number of thioether (sulfide) groups is 1. The van der Waals surface area contributed by atoms with Crippen LogP contribution in [0, 0.1) is 0 Å².